The van der Waals surface area contributed by atoms with E-state index in [9.17, 15) is 13.2 Å². The van der Waals surface area contributed by atoms with E-state index in [2.05, 4.69) is 5.32 Å². The zero-order chi connectivity index (χ0) is 21.6. The van der Waals surface area contributed by atoms with Gasteiger partial charge in [0.1, 0.15) is 6.54 Å². The molecule has 0 aliphatic heterocycles. The molecule has 5 nitrogen and oxygen atoms in total. The van der Waals surface area contributed by atoms with E-state index in [-0.39, 0.29) is 22.9 Å². The van der Waals surface area contributed by atoms with Crippen molar-refractivity contribution in [1.82, 2.24) is 5.32 Å². The Morgan fingerprint density at radius 1 is 0.968 bits per heavy atom. The van der Waals surface area contributed by atoms with Gasteiger partial charge in [0.2, 0.25) is 5.91 Å². The Labute approximate surface area is 184 Å². The summed E-state index contributed by atoms with van der Waals surface area (Å²) in [6.45, 7) is 1.72. The fourth-order valence-electron chi connectivity index (χ4n) is 6.55. The summed E-state index contributed by atoms with van der Waals surface area (Å²) in [5.74, 6) is 1.94. The molecule has 0 saturated heterocycles. The summed E-state index contributed by atoms with van der Waals surface area (Å²) < 4.78 is 28.2. The molecule has 6 rings (SSSR count). The number of hydrogen-bond acceptors (Lipinski definition) is 3. The number of amides is 1. The number of carbonyl (C=O) groups excluding carboxylic acids is 1. The first kappa shape index (κ1) is 20.6. The molecule has 2 aromatic carbocycles. The fourth-order valence-corrected chi connectivity index (χ4v) is 7.98. The predicted molar refractivity (Wildman–Crippen MR) is 121 cm³/mol. The van der Waals surface area contributed by atoms with Crippen molar-refractivity contribution in [2.24, 2.45) is 17.8 Å². The molecule has 0 radical (unpaired) electrons. The summed E-state index contributed by atoms with van der Waals surface area (Å²) in [6, 6.07) is 15.7. The quantitative estimate of drug-likeness (QED) is 0.732. The lowest BCUT2D eigenvalue weighted by Gasteiger charge is -2.57. The highest BCUT2D eigenvalue weighted by Crippen LogP contribution is 2.55. The van der Waals surface area contributed by atoms with Crippen molar-refractivity contribution < 1.29 is 13.2 Å². The number of aryl methyl sites for hydroxylation is 1. The summed E-state index contributed by atoms with van der Waals surface area (Å²) in [7, 11) is -3.86. The van der Waals surface area contributed by atoms with Crippen LogP contribution in [-0.2, 0) is 14.8 Å². The Morgan fingerprint density at radius 2 is 1.58 bits per heavy atom. The number of hydrogen-bond donors (Lipinski definition) is 1. The van der Waals surface area contributed by atoms with E-state index in [0.29, 0.717) is 23.4 Å². The van der Waals surface area contributed by atoms with Crippen LogP contribution in [0.1, 0.15) is 44.1 Å². The number of carbonyl (C=O) groups is 1. The normalized spacial score (nSPS) is 29.0. The first-order valence-corrected chi connectivity index (χ1v) is 12.7. The largest absolute Gasteiger partial charge is 0.349 e. The smallest absolute Gasteiger partial charge is 0.264 e. The number of sulfonamides is 1. The van der Waals surface area contributed by atoms with Crippen molar-refractivity contribution in [2.45, 2.75) is 55.9 Å². The minimum Gasteiger partial charge on any atom is -0.349 e. The van der Waals surface area contributed by atoms with E-state index in [0.717, 1.165) is 24.8 Å². The number of rotatable bonds is 6. The second-order valence-electron chi connectivity index (χ2n) is 9.91. The monoisotopic (exact) mass is 438 g/mol. The standard InChI is InChI=1S/C25H30N2O3S/c1-18-6-5-7-22(10-18)27(31(29,30)23-8-3-2-4-9-23)17-24(28)26-25-14-19-11-20(15-25)13-21(12-19)16-25/h2-10,19-21H,11-17H2,1H3,(H,26,28). The number of benzene rings is 2. The molecule has 4 fully saturated rings. The molecular weight excluding hydrogens is 408 g/mol. The second kappa shape index (κ2) is 7.66. The molecule has 0 atom stereocenters. The first-order chi connectivity index (χ1) is 14.8. The molecule has 4 bridgehead atoms. The van der Waals surface area contributed by atoms with Crippen LogP contribution in [0, 0.1) is 24.7 Å². The fraction of sp³-hybridized carbons (Fsp3) is 0.480. The van der Waals surface area contributed by atoms with Crippen LogP contribution < -0.4 is 9.62 Å². The molecule has 1 N–H and O–H groups in total. The molecule has 4 aliphatic rings. The van der Waals surface area contributed by atoms with E-state index >= 15 is 0 Å². The van der Waals surface area contributed by atoms with Crippen molar-refractivity contribution >= 4 is 21.6 Å². The van der Waals surface area contributed by atoms with Gasteiger partial charge in [-0.1, -0.05) is 30.3 Å². The summed E-state index contributed by atoms with van der Waals surface area (Å²) in [4.78, 5) is 13.5. The van der Waals surface area contributed by atoms with Crippen LogP contribution in [0.15, 0.2) is 59.5 Å². The van der Waals surface area contributed by atoms with Gasteiger partial charge in [0.15, 0.2) is 0 Å². The van der Waals surface area contributed by atoms with Crippen LogP contribution >= 0.6 is 0 Å². The van der Waals surface area contributed by atoms with Crippen LogP contribution in [0.25, 0.3) is 0 Å². The van der Waals surface area contributed by atoms with Crippen molar-refractivity contribution in [3.8, 4) is 0 Å². The van der Waals surface area contributed by atoms with Crippen LogP contribution in [-0.4, -0.2) is 26.4 Å². The minimum atomic E-state index is -3.86. The van der Waals surface area contributed by atoms with Gasteiger partial charge in [0.25, 0.3) is 10.0 Å². The Morgan fingerprint density at radius 3 is 2.16 bits per heavy atom. The number of nitrogens with one attached hydrogen (secondary N) is 1. The van der Waals surface area contributed by atoms with Gasteiger partial charge in [-0.05, 0) is 93.0 Å². The maximum Gasteiger partial charge on any atom is 0.264 e. The molecule has 1 amide bonds. The lowest BCUT2D eigenvalue weighted by Crippen LogP contribution is -2.61. The minimum absolute atomic E-state index is 0.138. The highest BCUT2D eigenvalue weighted by Gasteiger charge is 2.51. The molecule has 6 heteroatoms. The SMILES string of the molecule is Cc1cccc(N(CC(=O)NC23CC4CC(CC(C4)C2)C3)S(=O)(=O)c2ccccc2)c1. The summed E-state index contributed by atoms with van der Waals surface area (Å²) in [5, 5.41) is 3.32. The van der Waals surface area contributed by atoms with Crippen LogP contribution in [0.2, 0.25) is 0 Å². The summed E-state index contributed by atoms with van der Waals surface area (Å²) in [5.41, 5.74) is 1.33. The van der Waals surface area contributed by atoms with Gasteiger partial charge in [0.05, 0.1) is 10.6 Å². The molecule has 0 spiro atoms. The second-order valence-corrected chi connectivity index (χ2v) is 11.8. The Bertz CT molecular complexity index is 1050. The lowest BCUT2D eigenvalue weighted by molar-refractivity contribution is -0.125. The van der Waals surface area contributed by atoms with E-state index in [1.54, 1.807) is 36.4 Å². The zero-order valence-electron chi connectivity index (χ0n) is 18.0. The summed E-state index contributed by atoms with van der Waals surface area (Å²) >= 11 is 0. The maximum atomic E-state index is 13.5. The third-order valence-corrected chi connectivity index (χ3v) is 9.14. The molecule has 2 aromatic rings. The highest BCUT2D eigenvalue weighted by atomic mass is 32.2. The predicted octanol–water partition coefficient (Wildman–Crippen LogP) is 4.28. The van der Waals surface area contributed by atoms with Crippen LogP contribution in [0.5, 0.6) is 0 Å². The lowest BCUT2D eigenvalue weighted by atomic mass is 9.53. The molecule has 0 heterocycles. The Hall–Kier alpha value is -2.34. The van der Waals surface area contributed by atoms with Crippen molar-refractivity contribution in [3.63, 3.8) is 0 Å². The van der Waals surface area contributed by atoms with Crippen molar-refractivity contribution in [3.05, 3.63) is 60.2 Å². The molecule has 31 heavy (non-hydrogen) atoms. The molecule has 4 saturated carbocycles. The first-order valence-electron chi connectivity index (χ1n) is 11.3. The van der Waals surface area contributed by atoms with Crippen LogP contribution in [0.4, 0.5) is 5.69 Å². The number of nitrogens with zero attached hydrogens (tertiary/aromatic N) is 1. The molecular formula is C25H30N2O3S. The van der Waals surface area contributed by atoms with E-state index in [1.807, 2.05) is 25.1 Å². The van der Waals surface area contributed by atoms with Gasteiger partial charge in [-0.2, -0.15) is 0 Å². The van der Waals surface area contributed by atoms with Gasteiger partial charge < -0.3 is 5.32 Å². The zero-order valence-corrected chi connectivity index (χ0v) is 18.8. The average molecular weight is 439 g/mol. The van der Waals surface area contributed by atoms with Gasteiger partial charge >= 0.3 is 0 Å². The van der Waals surface area contributed by atoms with E-state index in [4.69, 9.17) is 0 Å². The topological polar surface area (TPSA) is 66.5 Å². The van der Waals surface area contributed by atoms with Crippen LogP contribution in [0.3, 0.4) is 0 Å². The maximum absolute atomic E-state index is 13.5. The molecule has 4 aliphatic carbocycles. The highest BCUT2D eigenvalue weighted by molar-refractivity contribution is 7.92. The third-order valence-electron chi connectivity index (χ3n) is 7.35. The average Bonchev–Trinajstić information content (AvgIpc) is 2.71. The van der Waals surface area contributed by atoms with E-state index < -0.39 is 10.0 Å². The Balaban J connectivity index is 1.42. The van der Waals surface area contributed by atoms with Crippen molar-refractivity contribution in [1.29, 1.82) is 0 Å². The molecule has 0 aromatic heterocycles. The summed E-state index contributed by atoms with van der Waals surface area (Å²) in [6.07, 6.45) is 7.02. The third kappa shape index (κ3) is 3.98. The Kier molecular flexibility index (Phi) is 5.08. The van der Waals surface area contributed by atoms with Crippen molar-refractivity contribution in [2.75, 3.05) is 10.8 Å². The van der Waals surface area contributed by atoms with Gasteiger partial charge in [-0.3, -0.25) is 9.10 Å². The number of anilines is 1. The molecule has 164 valence electrons. The van der Waals surface area contributed by atoms with E-state index in [1.165, 1.54) is 23.6 Å². The molecule has 0 unspecified atom stereocenters. The van der Waals surface area contributed by atoms with Gasteiger partial charge in [-0.25, -0.2) is 8.42 Å². The van der Waals surface area contributed by atoms with Gasteiger partial charge in [-0.15, -0.1) is 0 Å². The van der Waals surface area contributed by atoms with Gasteiger partial charge in [0, 0.05) is 5.54 Å².